The predicted octanol–water partition coefficient (Wildman–Crippen LogP) is 6.24. The summed E-state index contributed by atoms with van der Waals surface area (Å²) in [5, 5.41) is 10.7. The lowest BCUT2D eigenvalue weighted by atomic mass is 9.49. The van der Waals surface area contributed by atoms with Crippen LogP contribution >= 0.6 is 11.8 Å². The van der Waals surface area contributed by atoms with Crippen LogP contribution in [-0.4, -0.2) is 45.9 Å². The number of thioether (sulfide) groups is 1. The smallest absolute Gasteiger partial charge is 0.302 e. The van der Waals surface area contributed by atoms with Gasteiger partial charge >= 0.3 is 11.9 Å². The van der Waals surface area contributed by atoms with Crippen LogP contribution in [0, 0.1) is 28.6 Å². The average Bonchev–Trinajstić information content (AvgIpc) is 3.10. The Labute approximate surface area is 221 Å². The number of ether oxygens (including phenoxy) is 2. The summed E-state index contributed by atoms with van der Waals surface area (Å²) in [5.41, 5.74) is 2.23. The number of carbonyl (C=O) groups excluding carboxylic acids is 2. The zero-order valence-electron chi connectivity index (χ0n) is 23.3. The fourth-order valence-electron chi connectivity index (χ4n) is 8.12. The molecule has 4 aliphatic carbocycles. The largest absolute Gasteiger partial charge is 0.462 e. The summed E-state index contributed by atoms with van der Waals surface area (Å²) in [6, 6.07) is 0. The van der Waals surface area contributed by atoms with Crippen LogP contribution in [-0.2, 0) is 19.1 Å². The molecule has 0 aliphatic heterocycles. The topological polar surface area (TPSA) is 72.8 Å². The highest BCUT2D eigenvalue weighted by Crippen LogP contribution is 2.66. The second-order valence-corrected chi connectivity index (χ2v) is 14.4. The van der Waals surface area contributed by atoms with Crippen molar-refractivity contribution >= 4 is 23.7 Å². The average molecular weight is 519 g/mol. The second kappa shape index (κ2) is 10.1. The van der Waals surface area contributed by atoms with Crippen LogP contribution in [0.3, 0.4) is 0 Å². The van der Waals surface area contributed by atoms with Gasteiger partial charge in [-0.15, -0.1) is 0 Å². The summed E-state index contributed by atoms with van der Waals surface area (Å²) in [5.74, 6) is 2.02. The van der Waals surface area contributed by atoms with Crippen molar-refractivity contribution in [3.05, 3.63) is 23.3 Å². The molecule has 8 atom stereocenters. The lowest BCUT2D eigenvalue weighted by molar-refractivity contribution is -0.165. The van der Waals surface area contributed by atoms with Crippen LogP contribution < -0.4 is 0 Å². The Morgan fingerprint density at radius 1 is 1.11 bits per heavy atom. The first-order valence-electron chi connectivity index (χ1n) is 13.8. The van der Waals surface area contributed by atoms with Gasteiger partial charge in [0.25, 0.3) is 0 Å². The summed E-state index contributed by atoms with van der Waals surface area (Å²) < 4.78 is 11.6. The second-order valence-electron chi connectivity index (χ2n) is 12.9. The lowest BCUT2D eigenvalue weighted by Crippen LogP contribution is -2.54. The summed E-state index contributed by atoms with van der Waals surface area (Å²) in [6.07, 6.45) is 11.0. The Hall–Kier alpha value is -1.27. The highest BCUT2D eigenvalue weighted by molar-refractivity contribution is 7.99. The number of allylic oxidation sites excluding steroid dienone is 3. The van der Waals surface area contributed by atoms with Crippen LogP contribution in [0.25, 0.3) is 0 Å². The van der Waals surface area contributed by atoms with E-state index in [1.165, 1.54) is 38.7 Å². The number of hydrogen-bond donors (Lipinski definition) is 1. The molecule has 0 bridgehead atoms. The van der Waals surface area contributed by atoms with E-state index in [4.69, 9.17) is 9.47 Å². The van der Waals surface area contributed by atoms with E-state index in [-0.39, 0.29) is 35.0 Å². The minimum Gasteiger partial charge on any atom is -0.462 e. The highest BCUT2D eigenvalue weighted by atomic mass is 32.2. The van der Waals surface area contributed by atoms with E-state index in [2.05, 4.69) is 32.9 Å². The molecule has 0 radical (unpaired) electrons. The minimum absolute atomic E-state index is 0.243. The van der Waals surface area contributed by atoms with Crippen LogP contribution in [0.4, 0.5) is 0 Å². The number of esters is 2. The first-order valence-corrected chi connectivity index (χ1v) is 14.9. The van der Waals surface area contributed by atoms with E-state index in [1.807, 2.05) is 25.6 Å². The normalized spacial score (nSPS) is 38.6. The molecule has 4 rings (SSSR count). The van der Waals surface area contributed by atoms with Gasteiger partial charge in [-0.3, -0.25) is 9.59 Å². The van der Waals surface area contributed by atoms with E-state index < -0.39 is 5.60 Å². The fraction of sp³-hybridized carbons (Fsp3) is 0.800. The van der Waals surface area contributed by atoms with Crippen LogP contribution in [0.15, 0.2) is 23.3 Å². The molecule has 202 valence electrons. The Morgan fingerprint density at radius 3 is 2.44 bits per heavy atom. The van der Waals surface area contributed by atoms with Gasteiger partial charge in [0.15, 0.2) is 0 Å². The molecule has 0 saturated heterocycles. The van der Waals surface area contributed by atoms with Gasteiger partial charge in [-0.1, -0.05) is 44.1 Å². The van der Waals surface area contributed by atoms with E-state index >= 15 is 0 Å². The van der Waals surface area contributed by atoms with Crippen LogP contribution in [0.2, 0.25) is 0 Å². The van der Waals surface area contributed by atoms with Crippen molar-refractivity contribution in [1.29, 1.82) is 0 Å². The third-order valence-corrected chi connectivity index (χ3v) is 11.3. The van der Waals surface area contributed by atoms with E-state index in [9.17, 15) is 14.7 Å². The Morgan fingerprint density at radius 2 is 1.81 bits per heavy atom. The fourth-order valence-corrected chi connectivity index (χ4v) is 9.79. The van der Waals surface area contributed by atoms with Gasteiger partial charge in [-0.2, -0.15) is 11.8 Å². The molecule has 0 amide bonds. The molecular formula is C30H46O5S. The zero-order valence-corrected chi connectivity index (χ0v) is 24.1. The maximum absolute atomic E-state index is 12.1. The van der Waals surface area contributed by atoms with Crippen LogP contribution in [0.5, 0.6) is 0 Å². The minimum atomic E-state index is -0.605. The number of rotatable bonds is 7. The predicted molar refractivity (Wildman–Crippen MR) is 144 cm³/mol. The number of carbonyl (C=O) groups is 2. The third-order valence-electron chi connectivity index (χ3n) is 9.97. The van der Waals surface area contributed by atoms with Gasteiger partial charge in [0.1, 0.15) is 12.2 Å². The van der Waals surface area contributed by atoms with Crippen molar-refractivity contribution in [2.24, 2.45) is 28.6 Å². The van der Waals surface area contributed by atoms with Crippen molar-refractivity contribution < 1.29 is 24.2 Å². The first kappa shape index (κ1) is 27.8. The summed E-state index contributed by atoms with van der Waals surface area (Å²) in [6.45, 7) is 13.9. The molecule has 3 unspecified atom stereocenters. The summed E-state index contributed by atoms with van der Waals surface area (Å²) in [4.78, 5) is 23.8. The van der Waals surface area contributed by atoms with Gasteiger partial charge in [-0.25, -0.2) is 0 Å². The molecule has 1 N–H and O–H groups in total. The maximum Gasteiger partial charge on any atom is 0.302 e. The molecule has 0 spiro atoms. The SMILES string of the molecule is CC(=O)OC1CC2=CC=C3[C@@H]4CC[C@H](C(C)SCCC(C)(C)O)[C@@]4(C)CC[C@@H]3[C@@]2(C)C(OC(C)=O)C1. The third kappa shape index (κ3) is 5.18. The summed E-state index contributed by atoms with van der Waals surface area (Å²) >= 11 is 2.02. The number of fused-ring (bicyclic) bond motifs is 5. The van der Waals surface area contributed by atoms with E-state index in [0.29, 0.717) is 35.8 Å². The molecule has 3 saturated carbocycles. The molecule has 3 fully saturated rings. The molecule has 0 aromatic rings. The van der Waals surface area contributed by atoms with Gasteiger partial charge in [0.05, 0.1) is 5.60 Å². The van der Waals surface area contributed by atoms with Crippen molar-refractivity contribution in [2.45, 2.75) is 116 Å². The van der Waals surface area contributed by atoms with Crippen molar-refractivity contribution in [2.75, 3.05) is 5.75 Å². The molecule has 0 heterocycles. The van der Waals surface area contributed by atoms with Crippen molar-refractivity contribution in [3.8, 4) is 0 Å². The quantitative estimate of drug-likeness (QED) is 0.402. The van der Waals surface area contributed by atoms with E-state index in [1.54, 1.807) is 5.57 Å². The van der Waals surface area contributed by atoms with E-state index in [0.717, 1.165) is 18.6 Å². The standard InChI is InChI=1S/C30H46O5S/c1-18(36-15-14-28(4,5)33)24-10-11-25-23-9-8-21-16-22(34-19(2)31)17-27(35-20(3)32)30(21,7)26(23)12-13-29(24,25)6/h8-9,18,22,24-27,33H,10-17H2,1-7H3/t18?,22?,24-,25+,26+,27?,29-,30+/m1/s1. The maximum atomic E-state index is 12.1. The van der Waals surface area contributed by atoms with Gasteiger partial charge < -0.3 is 14.6 Å². The number of hydrogen-bond acceptors (Lipinski definition) is 6. The Kier molecular flexibility index (Phi) is 7.81. The van der Waals surface area contributed by atoms with Crippen molar-refractivity contribution in [3.63, 3.8) is 0 Å². The molecule has 5 nitrogen and oxygen atoms in total. The molecule has 4 aliphatic rings. The highest BCUT2D eigenvalue weighted by Gasteiger charge is 2.60. The van der Waals surface area contributed by atoms with Crippen molar-refractivity contribution in [1.82, 2.24) is 0 Å². The molecule has 36 heavy (non-hydrogen) atoms. The Bertz CT molecular complexity index is 932. The first-order chi connectivity index (χ1) is 16.8. The molecular weight excluding hydrogens is 472 g/mol. The molecule has 0 aromatic carbocycles. The summed E-state index contributed by atoms with van der Waals surface area (Å²) in [7, 11) is 0. The van der Waals surface area contributed by atoms with Gasteiger partial charge in [0.2, 0.25) is 0 Å². The monoisotopic (exact) mass is 518 g/mol. The van der Waals surface area contributed by atoms with Crippen LogP contribution in [0.1, 0.15) is 93.4 Å². The van der Waals surface area contributed by atoms with Gasteiger partial charge in [0, 0.05) is 37.4 Å². The molecule has 6 heteroatoms. The Balaban J connectivity index is 1.58. The zero-order chi connectivity index (χ0) is 26.5. The molecule has 0 aromatic heterocycles. The van der Waals surface area contributed by atoms with Gasteiger partial charge in [-0.05, 0) is 74.9 Å². The number of aliphatic hydroxyl groups is 1. The lowest BCUT2D eigenvalue weighted by Gasteiger charge is -2.57.